The van der Waals surface area contributed by atoms with Gasteiger partial charge in [0.25, 0.3) is 11.8 Å². The second kappa shape index (κ2) is 4.40. The first kappa shape index (κ1) is 12.3. The van der Waals surface area contributed by atoms with Crippen molar-refractivity contribution in [3.8, 4) is 0 Å². The quantitative estimate of drug-likeness (QED) is 0.414. The van der Waals surface area contributed by atoms with E-state index in [1.807, 2.05) is 0 Å². The van der Waals surface area contributed by atoms with Crippen molar-refractivity contribution in [2.75, 3.05) is 13.6 Å². The van der Waals surface area contributed by atoms with Gasteiger partial charge in [-0.1, -0.05) is 6.58 Å². The molecule has 1 N–H and O–H groups in total. The molecule has 0 bridgehead atoms. The zero-order valence-electron chi connectivity index (χ0n) is 8.60. The fraction of sp³-hybridized carbons (Fsp3) is 0.333. The Morgan fingerprint density at radius 1 is 1.44 bits per heavy atom. The van der Waals surface area contributed by atoms with Crippen LogP contribution in [0, 0.1) is 0 Å². The lowest BCUT2D eigenvalue weighted by atomic mass is 10.2. The third kappa shape index (κ3) is 2.08. The molecule has 0 atom stereocenters. The van der Waals surface area contributed by atoms with Crippen LogP contribution in [0.15, 0.2) is 12.2 Å². The van der Waals surface area contributed by atoms with Crippen molar-refractivity contribution in [1.29, 1.82) is 0 Å². The summed E-state index contributed by atoms with van der Waals surface area (Å²) in [6.07, 6.45) is -0.235. The largest absolute Gasteiger partial charge is 0.481 e. The predicted octanol–water partition coefficient (Wildman–Crippen LogP) is -0.397. The predicted molar refractivity (Wildman–Crippen MR) is 58.5 cm³/mol. The molecule has 2 amide bonds. The summed E-state index contributed by atoms with van der Waals surface area (Å²) in [6, 6.07) is 0. The van der Waals surface area contributed by atoms with E-state index in [9.17, 15) is 14.4 Å². The van der Waals surface area contributed by atoms with Gasteiger partial charge in [0.15, 0.2) is 5.11 Å². The van der Waals surface area contributed by atoms with Crippen molar-refractivity contribution in [2.24, 2.45) is 0 Å². The monoisotopic (exact) mass is 242 g/mol. The summed E-state index contributed by atoms with van der Waals surface area (Å²) in [5, 5.41) is 8.52. The van der Waals surface area contributed by atoms with E-state index in [0.717, 1.165) is 9.80 Å². The van der Waals surface area contributed by atoms with Gasteiger partial charge in [0.05, 0.1) is 12.0 Å². The number of hydrogen-bond donors (Lipinski definition) is 1. The first-order valence-electron chi connectivity index (χ1n) is 4.41. The van der Waals surface area contributed by atoms with Crippen molar-refractivity contribution in [3.63, 3.8) is 0 Å². The number of thiocarbonyl (C=S) groups is 1. The van der Waals surface area contributed by atoms with Gasteiger partial charge in [0.1, 0.15) is 0 Å². The van der Waals surface area contributed by atoms with Crippen LogP contribution in [0.3, 0.4) is 0 Å². The number of likely N-dealkylation sites (N-methyl/N-ethyl adjacent to an activating group) is 1. The van der Waals surface area contributed by atoms with Gasteiger partial charge in [-0.2, -0.15) is 0 Å². The average Bonchev–Trinajstić information content (AvgIpc) is 2.23. The summed E-state index contributed by atoms with van der Waals surface area (Å²) in [5.41, 5.74) is -0.207. The highest BCUT2D eigenvalue weighted by molar-refractivity contribution is 7.80. The molecule has 7 heteroatoms. The Morgan fingerprint density at radius 2 is 2.00 bits per heavy atom. The average molecular weight is 242 g/mol. The fourth-order valence-electron chi connectivity index (χ4n) is 1.22. The maximum atomic E-state index is 11.6. The van der Waals surface area contributed by atoms with Gasteiger partial charge in [-0.3, -0.25) is 24.2 Å². The van der Waals surface area contributed by atoms with E-state index in [1.54, 1.807) is 0 Å². The van der Waals surface area contributed by atoms with Gasteiger partial charge in [-0.15, -0.1) is 0 Å². The third-order valence-electron chi connectivity index (χ3n) is 2.13. The van der Waals surface area contributed by atoms with E-state index in [4.69, 9.17) is 17.3 Å². The van der Waals surface area contributed by atoms with Gasteiger partial charge >= 0.3 is 5.97 Å². The Morgan fingerprint density at radius 3 is 2.50 bits per heavy atom. The molecule has 1 heterocycles. The number of hydrogen-bond acceptors (Lipinski definition) is 4. The maximum absolute atomic E-state index is 11.6. The SMILES string of the molecule is C=C1C(=O)N(C)C(=S)N(CCC(=O)O)C1=O. The summed E-state index contributed by atoms with van der Waals surface area (Å²) < 4.78 is 0. The zero-order valence-corrected chi connectivity index (χ0v) is 9.41. The Bertz CT molecular complexity index is 404. The zero-order chi connectivity index (χ0) is 12.5. The molecule has 86 valence electrons. The number of rotatable bonds is 3. The van der Waals surface area contributed by atoms with Crippen LogP contribution in [0.2, 0.25) is 0 Å². The second-order valence-electron chi connectivity index (χ2n) is 3.23. The van der Waals surface area contributed by atoms with Gasteiger partial charge in [-0.05, 0) is 12.2 Å². The molecule has 1 aliphatic heterocycles. The van der Waals surface area contributed by atoms with Crippen LogP contribution in [0.5, 0.6) is 0 Å². The molecule has 0 aliphatic carbocycles. The number of carbonyl (C=O) groups is 3. The molecule has 1 aliphatic rings. The van der Waals surface area contributed by atoms with E-state index in [2.05, 4.69) is 6.58 Å². The van der Waals surface area contributed by atoms with Crippen LogP contribution < -0.4 is 0 Å². The van der Waals surface area contributed by atoms with E-state index >= 15 is 0 Å². The normalized spacial score (nSPS) is 17.1. The Labute approximate surface area is 97.1 Å². The molecule has 6 nitrogen and oxygen atoms in total. The molecular formula is C9H10N2O4S. The molecule has 1 rings (SSSR count). The second-order valence-corrected chi connectivity index (χ2v) is 3.59. The molecule has 0 aromatic rings. The standard InChI is InChI=1S/C9H10N2O4S/c1-5-7(14)10(2)9(16)11(8(5)15)4-3-6(12)13/h1,3-4H2,2H3,(H,12,13). The topological polar surface area (TPSA) is 77.9 Å². The highest BCUT2D eigenvalue weighted by Crippen LogP contribution is 2.14. The lowest BCUT2D eigenvalue weighted by Crippen LogP contribution is -2.54. The minimum absolute atomic E-state index is 0.00338. The summed E-state index contributed by atoms with van der Waals surface area (Å²) >= 11 is 4.89. The fourth-order valence-corrected chi connectivity index (χ4v) is 1.47. The molecule has 0 unspecified atom stereocenters. The summed E-state index contributed by atoms with van der Waals surface area (Å²) in [6.45, 7) is 3.28. The highest BCUT2D eigenvalue weighted by Gasteiger charge is 2.36. The number of aliphatic carboxylic acids is 1. The van der Waals surface area contributed by atoms with Gasteiger partial charge in [0.2, 0.25) is 0 Å². The Hall–Kier alpha value is -1.76. The molecule has 0 spiro atoms. The molecule has 0 saturated carbocycles. The van der Waals surface area contributed by atoms with Crippen molar-refractivity contribution in [2.45, 2.75) is 6.42 Å². The van der Waals surface area contributed by atoms with Crippen molar-refractivity contribution in [1.82, 2.24) is 9.80 Å². The Balaban J connectivity index is 2.87. The van der Waals surface area contributed by atoms with Crippen molar-refractivity contribution < 1.29 is 19.5 Å². The maximum Gasteiger partial charge on any atom is 0.305 e. The minimum Gasteiger partial charge on any atom is -0.481 e. The van der Waals surface area contributed by atoms with Gasteiger partial charge < -0.3 is 5.11 Å². The molecular weight excluding hydrogens is 232 g/mol. The van der Waals surface area contributed by atoms with Gasteiger partial charge in [-0.25, -0.2) is 0 Å². The summed E-state index contributed by atoms with van der Waals surface area (Å²) in [5.74, 6) is -2.23. The van der Waals surface area contributed by atoms with Crippen LogP contribution in [0.4, 0.5) is 0 Å². The van der Waals surface area contributed by atoms with Crippen molar-refractivity contribution >= 4 is 35.1 Å². The van der Waals surface area contributed by atoms with E-state index in [1.165, 1.54) is 7.05 Å². The smallest absolute Gasteiger partial charge is 0.305 e. The third-order valence-corrected chi connectivity index (χ3v) is 2.63. The number of carboxylic acid groups (broad SMARTS) is 1. The van der Waals surface area contributed by atoms with Crippen LogP contribution in [0.1, 0.15) is 6.42 Å². The highest BCUT2D eigenvalue weighted by atomic mass is 32.1. The van der Waals surface area contributed by atoms with Crippen LogP contribution in [0.25, 0.3) is 0 Å². The minimum atomic E-state index is -1.04. The van der Waals surface area contributed by atoms with Crippen LogP contribution in [-0.2, 0) is 14.4 Å². The van der Waals surface area contributed by atoms with E-state index < -0.39 is 17.8 Å². The van der Waals surface area contributed by atoms with E-state index in [0.29, 0.717) is 0 Å². The molecule has 0 aromatic heterocycles. The van der Waals surface area contributed by atoms with Gasteiger partial charge in [0, 0.05) is 13.6 Å². The summed E-state index contributed by atoms with van der Waals surface area (Å²) in [4.78, 5) is 35.6. The summed E-state index contributed by atoms with van der Waals surface area (Å²) in [7, 11) is 1.41. The first-order valence-corrected chi connectivity index (χ1v) is 4.81. The molecule has 1 saturated heterocycles. The lowest BCUT2D eigenvalue weighted by molar-refractivity contribution is -0.137. The lowest BCUT2D eigenvalue weighted by Gasteiger charge is -2.33. The first-order chi connectivity index (χ1) is 7.36. The van der Waals surface area contributed by atoms with Crippen molar-refractivity contribution in [3.05, 3.63) is 12.2 Å². The number of nitrogens with zero attached hydrogens (tertiary/aromatic N) is 2. The van der Waals surface area contributed by atoms with E-state index in [-0.39, 0.29) is 23.7 Å². The number of amides is 2. The molecule has 16 heavy (non-hydrogen) atoms. The Kier molecular flexibility index (Phi) is 3.38. The molecule has 0 aromatic carbocycles. The number of carboxylic acids is 1. The molecule has 0 radical (unpaired) electrons. The number of carbonyl (C=O) groups excluding carboxylic acids is 2. The molecule has 1 fully saturated rings. The van der Waals surface area contributed by atoms with Crippen LogP contribution >= 0.6 is 12.2 Å². The van der Waals surface area contributed by atoms with Crippen LogP contribution in [-0.4, -0.2) is 51.4 Å².